The van der Waals surface area contributed by atoms with Gasteiger partial charge in [-0.1, -0.05) is 42.5 Å². The summed E-state index contributed by atoms with van der Waals surface area (Å²) in [7, 11) is 6.77. The Hall–Kier alpha value is -13.1. The van der Waals surface area contributed by atoms with E-state index >= 15 is 0 Å². The zero-order valence-electron chi connectivity index (χ0n) is 62.6. The number of Topliss-reactive ketones (excluding diaryl/α,β-unsaturated/α-hetero) is 2. The maximum Gasteiger partial charge on any atom is 0.285 e. The molecule has 15 rings (SSSR count). The van der Waals surface area contributed by atoms with Gasteiger partial charge in [0.05, 0.1) is 42.3 Å². The SMILES string of the molecule is COc1ccc2c(Oc3ccc(NC(=O)c4c(C)n(C)n(-c5cccs5)c4=O)cc3F)ccnc2c1.Cc1c(C(=O)Cc2ccc(Oc3ccnc(NC(=S)N4CCCC4)c3)c(F)c2)c(=O)n(-c2ccccc2)n1C.Cc1c(C(=O)Cc2ccc(Oc3ccnc(NC(=S)N4CCCC4)c3)cn2)c(=O)n(-c2ccccc2)n1C. The van der Waals surface area contributed by atoms with Crippen LogP contribution in [-0.4, -0.2) is 119 Å². The maximum atomic E-state index is 15.0. The number of pyridine rings is 4. The number of fused-ring (bicyclic) bond motifs is 1. The molecule has 0 spiro atoms. The van der Waals surface area contributed by atoms with Crippen LogP contribution in [0.2, 0.25) is 0 Å². The Morgan fingerprint density at radius 1 is 0.487 bits per heavy atom. The number of nitrogens with zero attached hydrogens (tertiary/aromatic N) is 12. The fraction of sp³-hybridized carbons (Fsp3) is 0.205. The number of rotatable bonds is 20. The van der Waals surface area contributed by atoms with Crippen LogP contribution in [0.1, 0.15) is 85.1 Å². The minimum Gasteiger partial charge on any atom is -0.497 e. The highest BCUT2D eigenvalue weighted by atomic mass is 32.1. The third kappa shape index (κ3) is 17.7. The van der Waals surface area contributed by atoms with Crippen molar-refractivity contribution in [2.45, 2.75) is 59.3 Å². The summed E-state index contributed by atoms with van der Waals surface area (Å²) >= 11 is 12.3. The van der Waals surface area contributed by atoms with Crippen molar-refractivity contribution in [3.8, 4) is 56.6 Å². The Morgan fingerprint density at radius 3 is 1.56 bits per heavy atom. The van der Waals surface area contributed by atoms with Gasteiger partial charge in [-0.15, -0.1) is 11.3 Å². The lowest BCUT2D eigenvalue weighted by Crippen LogP contribution is -2.32. The molecule has 8 aromatic heterocycles. The summed E-state index contributed by atoms with van der Waals surface area (Å²) in [6, 6.07) is 47.6. The van der Waals surface area contributed by atoms with Crippen LogP contribution in [0.5, 0.6) is 40.2 Å². The van der Waals surface area contributed by atoms with E-state index in [0.29, 0.717) is 106 Å². The average molecular weight is 1580 g/mol. The number of likely N-dealkylation sites (tertiary alicyclic amines) is 2. The maximum absolute atomic E-state index is 15.0. The Balaban J connectivity index is 0.000000148. The number of ketones is 2. The van der Waals surface area contributed by atoms with E-state index < -0.39 is 28.7 Å². The van der Waals surface area contributed by atoms with E-state index in [1.165, 1.54) is 49.6 Å². The first-order chi connectivity index (χ1) is 54.6. The molecule has 3 N–H and O–H groups in total. The van der Waals surface area contributed by atoms with Crippen LogP contribution in [0.3, 0.4) is 0 Å². The van der Waals surface area contributed by atoms with Gasteiger partial charge in [0.15, 0.2) is 44.9 Å². The second kappa shape index (κ2) is 34.9. The second-order valence-electron chi connectivity index (χ2n) is 26.5. The van der Waals surface area contributed by atoms with Crippen LogP contribution in [-0.2, 0) is 34.0 Å². The average Bonchev–Trinajstić information content (AvgIpc) is 1.65. The van der Waals surface area contributed by atoms with Crippen molar-refractivity contribution in [1.29, 1.82) is 0 Å². The minimum absolute atomic E-state index is 0.00638. The molecule has 0 saturated carbocycles. The Labute approximate surface area is 661 Å². The molecule has 576 valence electrons. The number of benzene rings is 5. The summed E-state index contributed by atoms with van der Waals surface area (Å²) in [4.78, 5) is 100.0. The molecule has 0 aliphatic carbocycles. The molecule has 0 bridgehead atoms. The zero-order chi connectivity index (χ0) is 79.6. The number of hydrogen-bond donors (Lipinski definition) is 3. The largest absolute Gasteiger partial charge is 0.497 e. The van der Waals surface area contributed by atoms with E-state index in [1.807, 2.05) is 60.0 Å². The number of amides is 1. The summed E-state index contributed by atoms with van der Waals surface area (Å²) in [5.74, 6) is 1.08. The number of carbonyl (C=O) groups excluding carboxylic acids is 3. The molecule has 0 unspecified atom stereocenters. The fourth-order valence-corrected chi connectivity index (χ4v) is 14.4. The van der Waals surface area contributed by atoms with Crippen molar-refractivity contribution in [1.82, 2.24) is 57.8 Å². The van der Waals surface area contributed by atoms with Crippen molar-refractivity contribution in [3.63, 3.8) is 0 Å². The Kier molecular flexibility index (Phi) is 24.1. The summed E-state index contributed by atoms with van der Waals surface area (Å²) in [5, 5.41) is 13.4. The number of halogens is 2. The second-order valence-corrected chi connectivity index (χ2v) is 28.2. The van der Waals surface area contributed by atoms with Crippen molar-refractivity contribution in [3.05, 3.63) is 288 Å². The summed E-state index contributed by atoms with van der Waals surface area (Å²) in [6.45, 7) is 8.91. The van der Waals surface area contributed by atoms with E-state index in [0.717, 1.165) is 57.9 Å². The Bertz CT molecular complexity index is 5910. The topological polar surface area (TPSA) is 263 Å². The number of ether oxygens (including phenoxy) is 4. The molecule has 2 aliphatic heterocycles. The molecule has 0 atom stereocenters. The highest BCUT2D eigenvalue weighted by Crippen LogP contribution is 2.34. The molecule has 25 nitrogen and oxygen atoms in total. The van der Waals surface area contributed by atoms with E-state index in [2.05, 4.69) is 45.7 Å². The third-order valence-electron chi connectivity index (χ3n) is 19.2. The van der Waals surface area contributed by atoms with Gasteiger partial charge < -0.3 is 44.7 Å². The van der Waals surface area contributed by atoms with Gasteiger partial charge in [0.1, 0.15) is 62.1 Å². The molecule has 2 aliphatic rings. The van der Waals surface area contributed by atoms with Crippen LogP contribution >= 0.6 is 35.8 Å². The lowest BCUT2D eigenvalue weighted by molar-refractivity contribution is 0.0982. The molecule has 10 heterocycles. The number of thiophene rings is 1. The van der Waals surface area contributed by atoms with Crippen LogP contribution in [0.15, 0.2) is 214 Å². The van der Waals surface area contributed by atoms with Gasteiger partial charge in [0.2, 0.25) is 0 Å². The van der Waals surface area contributed by atoms with Gasteiger partial charge in [-0.3, -0.25) is 52.8 Å². The van der Waals surface area contributed by atoms with Crippen LogP contribution < -0.4 is 51.6 Å². The molecule has 13 aromatic rings. The van der Waals surface area contributed by atoms with Gasteiger partial charge in [0, 0.05) is 125 Å². The van der Waals surface area contributed by atoms with E-state index in [1.54, 1.807) is 173 Å². The lowest BCUT2D eigenvalue weighted by atomic mass is 10.0. The van der Waals surface area contributed by atoms with Gasteiger partial charge in [-0.25, -0.2) is 32.8 Å². The zero-order valence-corrected chi connectivity index (χ0v) is 65.0. The normalized spacial score (nSPS) is 12.3. The summed E-state index contributed by atoms with van der Waals surface area (Å²) in [5.41, 5.74) is 3.88. The highest BCUT2D eigenvalue weighted by molar-refractivity contribution is 7.80. The van der Waals surface area contributed by atoms with E-state index in [4.69, 9.17) is 43.4 Å². The molecule has 113 heavy (non-hydrogen) atoms. The smallest absolute Gasteiger partial charge is 0.285 e. The number of hydrogen-bond acceptors (Lipinski definition) is 17. The predicted molar refractivity (Wildman–Crippen MR) is 437 cm³/mol. The first-order valence-electron chi connectivity index (χ1n) is 36.0. The molecule has 1 amide bonds. The lowest BCUT2D eigenvalue weighted by Gasteiger charge is -2.19. The molecule has 2 saturated heterocycles. The van der Waals surface area contributed by atoms with Gasteiger partial charge >= 0.3 is 0 Å². The number of carbonyl (C=O) groups is 3. The number of para-hydroxylation sites is 2. The van der Waals surface area contributed by atoms with Crippen LogP contribution in [0.25, 0.3) is 27.3 Å². The first kappa shape index (κ1) is 78.1. The summed E-state index contributed by atoms with van der Waals surface area (Å²) in [6.07, 6.45) is 10.7. The summed E-state index contributed by atoms with van der Waals surface area (Å²) < 4.78 is 62.0. The molecule has 5 aromatic carbocycles. The van der Waals surface area contributed by atoms with Crippen LogP contribution in [0, 0.1) is 32.4 Å². The molecular formula is C83H77F2N15O10S3. The predicted octanol–water partition coefficient (Wildman–Crippen LogP) is 14.6. The molecule has 30 heteroatoms. The number of methoxy groups -OCH3 is 1. The van der Waals surface area contributed by atoms with E-state index in [9.17, 15) is 37.5 Å². The third-order valence-corrected chi connectivity index (χ3v) is 20.7. The number of aromatic nitrogens is 10. The number of nitrogens with one attached hydrogen (secondary N) is 3. The molecule has 0 radical (unpaired) electrons. The van der Waals surface area contributed by atoms with Gasteiger partial charge in [0.25, 0.3) is 22.6 Å². The standard InChI is InChI=1S/C29H28FN5O3S.C28H28N6O3S.C26H21FN4O4S/c1-19-27(28(37)35(33(19)2)21-8-4-3-5-9-21)24(36)17-20-10-11-25(23(30)16-20)38-22-12-13-31-26(18-22)32-29(39)34-14-6-7-15-34;1-19-26(27(36)34(32(19)2)21-8-4-3-5-9-21)24(35)16-20-10-11-23(18-30-20)37-22-12-13-29-25(17-22)31-28(38)33-14-6-7-15-33;1-15-24(26(33)31(30(15)2)23-5-4-12-36-23)25(32)29-16-6-9-22(19(27)13-16)35-21-10-11-28-20-14-17(34-3)7-8-18(20)21/h3-5,8-13,16,18H,6-7,14-15,17H2,1-2H3,(H,31,32,39);3-5,8-13,17-18H,6-7,14-16H2,1-2H3,(H,29,31,38);4-14H,1-3H3,(H,29,32). The molecular weight excluding hydrogens is 1500 g/mol. The van der Waals surface area contributed by atoms with Crippen molar-refractivity contribution in [2.24, 2.45) is 21.1 Å². The van der Waals surface area contributed by atoms with E-state index in [-0.39, 0.29) is 63.8 Å². The number of anilines is 3. The minimum atomic E-state index is -0.674. The van der Waals surface area contributed by atoms with Gasteiger partial charge in [-0.2, -0.15) is 0 Å². The fourth-order valence-electron chi connectivity index (χ4n) is 13.1. The quantitative estimate of drug-likeness (QED) is 0.0473. The van der Waals surface area contributed by atoms with Crippen molar-refractivity contribution >= 4 is 91.7 Å². The first-order valence-corrected chi connectivity index (χ1v) is 37.7. The van der Waals surface area contributed by atoms with Crippen molar-refractivity contribution < 1.29 is 42.1 Å². The van der Waals surface area contributed by atoms with Crippen molar-refractivity contribution in [2.75, 3.05) is 49.2 Å². The van der Waals surface area contributed by atoms with Gasteiger partial charge in [-0.05, 0) is 185 Å². The van der Waals surface area contributed by atoms with Crippen LogP contribution in [0.4, 0.5) is 26.1 Å². The number of thiocarbonyl (C=S) groups is 2. The molecule has 2 fully saturated rings. The Morgan fingerprint density at radius 2 is 1.01 bits per heavy atom. The monoisotopic (exact) mass is 1580 g/mol. The highest BCUT2D eigenvalue weighted by Gasteiger charge is 2.27.